The van der Waals surface area contributed by atoms with Crippen molar-refractivity contribution in [3.8, 4) is 5.75 Å². The van der Waals surface area contributed by atoms with Crippen molar-refractivity contribution in [3.05, 3.63) is 65.7 Å². The quantitative estimate of drug-likeness (QED) is 0.834. The zero-order valence-corrected chi connectivity index (χ0v) is 13.5. The van der Waals surface area contributed by atoms with E-state index in [2.05, 4.69) is 5.32 Å². The number of para-hydroxylation sites is 1. The Morgan fingerprint density at radius 1 is 1.13 bits per heavy atom. The summed E-state index contributed by atoms with van der Waals surface area (Å²) in [6.07, 6.45) is -0.813. The highest BCUT2D eigenvalue weighted by atomic mass is 16.5. The van der Waals surface area contributed by atoms with Crippen LogP contribution in [0.1, 0.15) is 30.1 Å². The predicted molar refractivity (Wildman–Crippen MR) is 89.5 cm³/mol. The third kappa shape index (κ3) is 3.39. The molecule has 2 aromatic carbocycles. The lowest BCUT2D eigenvalue weighted by Gasteiger charge is -2.35. The number of hydrogen-bond acceptors (Lipinski definition) is 4. The Balaban J connectivity index is 1.72. The summed E-state index contributed by atoms with van der Waals surface area (Å²) in [5.74, 6) is 0.828. The van der Waals surface area contributed by atoms with Crippen molar-refractivity contribution in [2.24, 2.45) is 0 Å². The highest BCUT2D eigenvalue weighted by molar-refractivity contribution is 5.38. The van der Waals surface area contributed by atoms with Crippen molar-refractivity contribution in [2.45, 2.75) is 31.2 Å². The fraction of sp³-hybridized carbons (Fsp3) is 0.368. The van der Waals surface area contributed by atoms with Crippen LogP contribution in [0.4, 0.5) is 0 Å². The van der Waals surface area contributed by atoms with E-state index in [0.29, 0.717) is 6.61 Å². The first kappa shape index (κ1) is 16.0. The first-order valence-corrected chi connectivity index (χ1v) is 7.94. The van der Waals surface area contributed by atoms with E-state index < -0.39 is 6.23 Å². The highest BCUT2D eigenvalue weighted by Crippen LogP contribution is 2.34. The molecular weight excluding hydrogens is 290 g/mol. The van der Waals surface area contributed by atoms with E-state index in [1.807, 2.05) is 61.5 Å². The summed E-state index contributed by atoms with van der Waals surface area (Å²) in [6, 6.07) is 17.8. The topological polar surface area (TPSA) is 50.7 Å². The largest absolute Gasteiger partial charge is 0.491 e. The second-order valence-electron chi connectivity index (χ2n) is 5.92. The summed E-state index contributed by atoms with van der Waals surface area (Å²) in [4.78, 5) is 0. The normalized spacial score (nSPS) is 22.7. The Morgan fingerprint density at radius 2 is 1.83 bits per heavy atom. The van der Waals surface area contributed by atoms with Crippen LogP contribution >= 0.6 is 0 Å². The summed E-state index contributed by atoms with van der Waals surface area (Å²) in [7, 11) is 1.69. The fourth-order valence-corrected chi connectivity index (χ4v) is 3.06. The summed E-state index contributed by atoms with van der Waals surface area (Å²) in [5, 5.41) is 13.8. The Morgan fingerprint density at radius 3 is 2.57 bits per heavy atom. The molecule has 0 amide bonds. The van der Waals surface area contributed by atoms with Gasteiger partial charge < -0.3 is 14.6 Å². The number of aliphatic hydroxyl groups excluding tert-OH is 1. The number of fused-ring (bicyclic) bond motifs is 1. The van der Waals surface area contributed by atoms with Crippen LogP contribution in [0.5, 0.6) is 5.75 Å². The minimum atomic E-state index is -0.672. The molecule has 2 aromatic rings. The molecule has 0 aromatic heterocycles. The van der Waals surface area contributed by atoms with Gasteiger partial charge >= 0.3 is 0 Å². The Labute approximate surface area is 137 Å². The third-order valence-corrected chi connectivity index (χ3v) is 4.45. The van der Waals surface area contributed by atoms with Crippen molar-refractivity contribution in [1.82, 2.24) is 5.32 Å². The second kappa shape index (κ2) is 7.13. The maximum absolute atomic E-state index is 10.6. The van der Waals surface area contributed by atoms with Crippen molar-refractivity contribution < 1.29 is 14.6 Å². The molecule has 4 heteroatoms. The van der Waals surface area contributed by atoms with E-state index in [0.717, 1.165) is 16.9 Å². The molecule has 23 heavy (non-hydrogen) atoms. The van der Waals surface area contributed by atoms with E-state index in [4.69, 9.17) is 9.47 Å². The van der Waals surface area contributed by atoms with Crippen LogP contribution in [0.25, 0.3) is 0 Å². The fourth-order valence-electron chi connectivity index (χ4n) is 3.06. The van der Waals surface area contributed by atoms with E-state index in [1.54, 1.807) is 7.11 Å². The lowest BCUT2D eigenvalue weighted by atomic mass is 9.96. The SMILES string of the molecule is COC1c2ccccc2OCC1NC(O)[C@@H](C)c1ccccc1. The molecule has 122 valence electrons. The van der Waals surface area contributed by atoms with Crippen LogP contribution in [0.3, 0.4) is 0 Å². The van der Waals surface area contributed by atoms with E-state index in [-0.39, 0.29) is 18.1 Å². The molecule has 3 unspecified atom stereocenters. The molecular formula is C19H23NO3. The highest BCUT2D eigenvalue weighted by Gasteiger charge is 2.33. The van der Waals surface area contributed by atoms with Crippen LogP contribution in [-0.4, -0.2) is 31.1 Å². The lowest BCUT2D eigenvalue weighted by Crippen LogP contribution is -2.49. The van der Waals surface area contributed by atoms with Gasteiger partial charge in [-0.25, -0.2) is 0 Å². The van der Waals surface area contributed by atoms with Gasteiger partial charge in [0.25, 0.3) is 0 Å². The number of nitrogens with one attached hydrogen (secondary N) is 1. The average molecular weight is 313 g/mol. The molecule has 0 bridgehead atoms. The van der Waals surface area contributed by atoms with Crippen LogP contribution in [0.2, 0.25) is 0 Å². The van der Waals surface area contributed by atoms with E-state index >= 15 is 0 Å². The third-order valence-electron chi connectivity index (χ3n) is 4.45. The Bertz CT molecular complexity index is 632. The van der Waals surface area contributed by atoms with Gasteiger partial charge in [0, 0.05) is 18.6 Å². The van der Waals surface area contributed by atoms with Crippen molar-refractivity contribution in [2.75, 3.05) is 13.7 Å². The van der Waals surface area contributed by atoms with Crippen molar-refractivity contribution in [3.63, 3.8) is 0 Å². The number of ether oxygens (including phenoxy) is 2. The Kier molecular flexibility index (Phi) is 4.96. The number of hydrogen-bond donors (Lipinski definition) is 2. The standard InChI is InChI=1S/C19H23NO3/c1-13(14-8-4-3-5-9-14)19(21)20-16-12-23-17-11-7-6-10-15(17)18(16)22-2/h3-11,13,16,18-21H,12H2,1-2H3/t13-,16?,18?,19?/m0/s1. The van der Waals surface area contributed by atoms with Gasteiger partial charge in [0.05, 0.1) is 6.04 Å². The minimum absolute atomic E-state index is 0.0223. The molecule has 4 nitrogen and oxygen atoms in total. The van der Waals surface area contributed by atoms with Gasteiger partial charge in [0.1, 0.15) is 24.7 Å². The van der Waals surface area contributed by atoms with Gasteiger partial charge in [0.2, 0.25) is 0 Å². The lowest BCUT2D eigenvalue weighted by molar-refractivity contribution is -0.00150. The van der Waals surface area contributed by atoms with Gasteiger partial charge in [-0.1, -0.05) is 55.5 Å². The summed E-state index contributed by atoms with van der Waals surface area (Å²) < 4.78 is 11.5. The smallest absolute Gasteiger partial charge is 0.125 e. The first-order valence-electron chi connectivity index (χ1n) is 7.94. The molecule has 1 heterocycles. The molecule has 0 spiro atoms. The molecule has 0 fully saturated rings. The molecule has 2 N–H and O–H groups in total. The second-order valence-corrected chi connectivity index (χ2v) is 5.92. The van der Waals surface area contributed by atoms with E-state index in [9.17, 15) is 5.11 Å². The summed E-state index contributed by atoms with van der Waals surface area (Å²) >= 11 is 0. The van der Waals surface area contributed by atoms with Crippen molar-refractivity contribution >= 4 is 0 Å². The number of rotatable bonds is 5. The monoisotopic (exact) mass is 313 g/mol. The maximum atomic E-state index is 10.6. The van der Waals surface area contributed by atoms with Crippen LogP contribution in [-0.2, 0) is 4.74 Å². The molecule has 0 radical (unpaired) electrons. The average Bonchev–Trinajstić information content (AvgIpc) is 2.61. The van der Waals surface area contributed by atoms with Crippen LogP contribution in [0, 0.1) is 0 Å². The Hall–Kier alpha value is -1.88. The van der Waals surface area contributed by atoms with Crippen molar-refractivity contribution in [1.29, 1.82) is 0 Å². The molecule has 1 aliphatic rings. The predicted octanol–water partition coefficient (Wildman–Crippen LogP) is 2.85. The van der Waals surface area contributed by atoms with Crippen LogP contribution < -0.4 is 10.1 Å². The van der Waals surface area contributed by atoms with Crippen LogP contribution in [0.15, 0.2) is 54.6 Å². The minimum Gasteiger partial charge on any atom is -0.491 e. The van der Waals surface area contributed by atoms with Gasteiger partial charge in [-0.3, -0.25) is 5.32 Å². The van der Waals surface area contributed by atoms with Gasteiger partial charge in [-0.2, -0.15) is 0 Å². The number of benzene rings is 2. The molecule has 0 saturated heterocycles. The molecule has 3 rings (SSSR count). The summed E-state index contributed by atoms with van der Waals surface area (Å²) in [5.41, 5.74) is 2.11. The van der Waals surface area contributed by atoms with Gasteiger partial charge in [-0.05, 0) is 11.6 Å². The zero-order chi connectivity index (χ0) is 16.2. The summed E-state index contributed by atoms with van der Waals surface area (Å²) in [6.45, 7) is 2.47. The molecule has 4 atom stereocenters. The van der Waals surface area contributed by atoms with E-state index in [1.165, 1.54) is 0 Å². The maximum Gasteiger partial charge on any atom is 0.125 e. The molecule has 0 aliphatic carbocycles. The van der Waals surface area contributed by atoms with Gasteiger partial charge in [0.15, 0.2) is 0 Å². The molecule has 0 saturated carbocycles. The number of methoxy groups -OCH3 is 1. The number of aliphatic hydroxyl groups is 1. The zero-order valence-electron chi connectivity index (χ0n) is 13.5. The first-order chi connectivity index (χ1) is 11.2. The van der Waals surface area contributed by atoms with Gasteiger partial charge in [-0.15, -0.1) is 0 Å². The molecule has 1 aliphatic heterocycles.